The summed E-state index contributed by atoms with van der Waals surface area (Å²) in [7, 11) is 1.53. The molecule has 0 aliphatic rings. The molecule has 1 amide bonds. The number of amides is 1. The normalized spacial score (nSPS) is 10.0. The maximum atomic E-state index is 11.7. The van der Waals surface area contributed by atoms with Crippen LogP contribution in [0, 0.1) is 6.92 Å². The van der Waals surface area contributed by atoms with Crippen LogP contribution in [0.5, 0.6) is 5.75 Å². The molecular formula is C11H11N3O3. The van der Waals surface area contributed by atoms with Crippen molar-refractivity contribution in [1.82, 2.24) is 10.2 Å². The van der Waals surface area contributed by atoms with Gasteiger partial charge in [-0.3, -0.25) is 4.79 Å². The molecule has 0 unspecified atom stereocenters. The van der Waals surface area contributed by atoms with Gasteiger partial charge in [0.25, 0.3) is 0 Å². The number of carbonyl (C=O) groups excluding carboxylic acids is 1. The van der Waals surface area contributed by atoms with Crippen LogP contribution in [-0.2, 0) is 0 Å². The van der Waals surface area contributed by atoms with Gasteiger partial charge in [-0.2, -0.15) is 0 Å². The SMILES string of the molecule is COc1ccccc1NC(=O)c1nnc(C)o1. The lowest BCUT2D eigenvalue weighted by Crippen LogP contribution is -2.13. The molecule has 0 bridgehead atoms. The fourth-order valence-corrected chi connectivity index (χ4v) is 1.31. The number of hydrogen-bond acceptors (Lipinski definition) is 5. The molecule has 0 spiro atoms. The fourth-order valence-electron chi connectivity index (χ4n) is 1.31. The van der Waals surface area contributed by atoms with Crippen LogP contribution in [0.3, 0.4) is 0 Å². The minimum absolute atomic E-state index is 0.0755. The first kappa shape index (κ1) is 11.1. The molecule has 0 radical (unpaired) electrons. The van der Waals surface area contributed by atoms with E-state index in [9.17, 15) is 4.79 Å². The molecular weight excluding hydrogens is 222 g/mol. The highest BCUT2D eigenvalue weighted by Crippen LogP contribution is 2.23. The Bertz CT molecular complexity index is 536. The fraction of sp³-hybridized carbons (Fsp3) is 0.182. The van der Waals surface area contributed by atoms with E-state index in [0.29, 0.717) is 17.3 Å². The van der Waals surface area contributed by atoms with Crippen LogP contribution < -0.4 is 10.1 Å². The summed E-state index contributed by atoms with van der Waals surface area (Å²) < 4.78 is 10.1. The van der Waals surface area contributed by atoms with Gasteiger partial charge in [0.1, 0.15) is 5.75 Å². The van der Waals surface area contributed by atoms with Gasteiger partial charge < -0.3 is 14.5 Å². The second-order valence-electron chi connectivity index (χ2n) is 3.28. The summed E-state index contributed by atoms with van der Waals surface area (Å²) >= 11 is 0. The first-order valence-corrected chi connectivity index (χ1v) is 4.95. The van der Waals surface area contributed by atoms with E-state index in [1.165, 1.54) is 7.11 Å². The van der Waals surface area contributed by atoms with E-state index in [1.54, 1.807) is 25.1 Å². The summed E-state index contributed by atoms with van der Waals surface area (Å²) in [5.41, 5.74) is 0.552. The Hall–Kier alpha value is -2.37. The molecule has 0 saturated carbocycles. The minimum Gasteiger partial charge on any atom is -0.495 e. The van der Waals surface area contributed by atoms with Gasteiger partial charge in [-0.05, 0) is 12.1 Å². The van der Waals surface area contributed by atoms with E-state index in [0.717, 1.165) is 0 Å². The van der Waals surface area contributed by atoms with Crippen LogP contribution in [0.4, 0.5) is 5.69 Å². The van der Waals surface area contributed by atoms with Crippen LogP contribution in [0.25, 0.3) is 0 Å². The molecule has 1 aromatic heterocycles. The molecule has 0 fully saturated rings. The van der Waals surface area contributed by atoms with Crippen molar-refractivity contribution in [2.75, 3.05) is 12.4 Å². The number of methoxy groups -OCH3 is 1. The standard InChI is InChI=1S/C11H11N3O3/c1-7-13-14-11(17-7)10(15)12-8-5-3-4-6-9(8)16-2/h3-6H,1-2H3,(H,12,15). The van der Waals surface area contributed by atoms with E-state index in [1.807, 2.05) is 6.07 Å². The average molecular weight is 233 g/mol. The van der Waals surface area contributed by atoms with Gasteiger partial charge in [0, 0.05) is 6.92 Å². The number of nitrogens with zero attached hydrogens (tertiary/aromatic N) is 2. The summed E-state index contributed by atoms with van der Waals surface area (Å²) in [5, 5.41) is 9.84. The van der Waals surface area contributed by atoms with Crippen LogP contribution in [0.1, 0.15) is 16.6 Å². The van der Waals surface area contributed by atoms with Crippen LogP contribution in [0.2, 0.25) is 0 Å². The van der Waals surface area contributed by atoms with Crippen molar-refractivity contribution < 1.29 is 13.9 Å². The molecule has 0 saturated heterocycles. The second-order valence-corrected chi connectivity index (χ2v) is 3.28. The van der Waals surface area contributed by atoms with Crippen LogP contribution >= 0.6 is 0 Å². The van der Waals surface area contributed by atoms with Gasteiger partial charge in [0.15, 0.2) is 0 Å². The third kappa shape index (κ3) is 2.41. The van der Waals surface area contributed by atoms with Crippen molar-refractivity contribution in [3.8, 4) is 5.75 Å². The van der Waals surface area contributed by atoms with Crippen molar-refractivity contribution >= 4 is 11.6 Å². The predicted octanol–water partition coefficient (Wildman–Crippen LogP) is 1.64. The number of rotatable bonds is 3. The van der Waals surface area contributed by atoms with Crippen LogP contribution in [0.15, 0.2) is 28.7 Å². The topological polar surface area (TPSA) is 77.2 Å². The first-order valence-electron chi connectivity index (χ1n) is 4.95. The zero-order valence-corrected chi connectivity index (χ0v) is 9.43. The number of hydrogen-bond donors (Lipinski definition) is 1. The number of aromatic nitrogens is 2. The lowest BCUT2D eigenvalue weighted by Gasteiger charge is -2.07. The number of carbonyl (C=O) groups is 1. The number of ether oxygens (including phenoxy) is 1. The van der Waals surface area contributed by atoms with Gasteiger partial charge in [-0.25, -0.2) is 0 Å². The lowest BCUT2D eigenvalue weighted by atomic mass is 10.3. The Morgan fingerprint density at radius 1 is 1.35 bits per heavy atom. The second kappa shape index (κ2) is 4.65. The molecule has 0 atom stereocenters. The smallest absolute Gasteiger partial charge is 0.313 e. The zero-order valence-electron chi connectivity index (χ0n) is 9.43. The van der Waals surface area contributed by atoms with Crippen molar-refractivity contribution in [2.45, 2.75) is 6.92 Å². The Kier molecular flexibility index (Phi) is 3.04. The highest BCUT2D eigenvalue weighted by atomic mass is 16.5. The van der Waals surface area contributed by atoms with Gasteiger partial charge in [-0.1, -0.05) is 12.1 Å². The number of anilines is 1. The monoisotopic (exact) mass is 233 g/mol. The molecule has 1 N–H and O–H groups in total. The van der Waals surface area contributed by atoms with Gasteiger partial charge >= 0.3 is 11.8 Å². The van der Waals surface area contributed by atoms with Crippen molar-refractivity contribution in [3.05, 3.63) is 36.0 Å². The van der Waals surface area contributed by atoms with Crippen LogP contribution in [-0.4, -0.2) is 23.2 Å². The molecule has 88 valence electrons. The minimum atomic E-state index is -0.463. The van der Waals surface area contributed by atoms with E-state index < -0.39 is 5.91 Å². The van der Waals surface area contributed by atoms with Crippen molar-refractivity contribution in [2.24, 2.45) is 0 Å². The van der Waals surface area contributed by atoms with Gasteiger partial charge in [0.05, 0.1) is 12.8 Å². The number of nitrogens with one attached hydrogen (secondary N) is 1. The maximum Gasteiger partial charge on any atom is 0.313 e. The Labute approximate surface area is 97.6 Å². The van der Waals surface area contributed by atoms with E-state index in [-0.39, 0.29) is 5.89 Å². The summed E-state index contributed by atoms with van der Waals surface area (Å²) in [4.78, 5) is 11.7. The Balaban J connectivity index is 2.18. The van der Waals surface area contributed by atoms with Crippen molar-refractivity contribution in [1.29, 1.82) is 0 Å². The molecule has 17 heavy (non-hydrogen) atoms. The van der Waals surface area contributed by atoms with Gasteiger partial charge in [-0.15, -0.1) is 10.2 Å². The largest absolute Gasteiger partial charge is 0.495 e. The highest BCUT2D eigenvalue weighted by molar-refractivity contribution is 6.01. The summed E-state index contributed by atoms with van der Waals surface area (Å²) in [6.45, 7) is 1.62. The third-order valence-corrected chi connectivity index (χ3v) is 2.08. The van der Waals surface area contributed by atoms with Gasteiger partial charge in [0.2, 0.25) is 5.89 Å². The average Bonchev–Trinajstić information content (AvgIpc) is 2.77. The third-order valence-electron chi connectivity index (χ3n) is 2.08. The van der Waals surface area contributed by atoms with Crippen molar-refractivity contribution in [3.63, 3.8) is 0 Å². The van der Waals surface area contributed by atoms with E-state index in [2.05, 4.69) is 15.5 Å². The van der Waals surface area contributed by atoms with E-state index >= 15 is 0 Å². The predicted molar refractivity (Wildman–Crippen MR) is 60.0 cm³/mol. The lowest BCUT2D eigenvalue weighted by molar-refractivity contribution is 0.0988. The molecule has 6 heteroatoms. The Morgan fingerprint density at radius 3 is 2.76 bits per heavy atom. The quantitative estimate of drug-likeness (QED) is 0.871. The molecule has 2 rings (SSSR count). The number of para-hydroxylation sites is 2. The number of benzene rings is 1. The summed E-state index contributed by atoms with van der Waals surface area (Å²) in [6.07, 6.45) is 0. The highest BCUT2D eigenvalue weighted by Gasteiger charge is 2.14. The summed E-state index contributed by atoms with van der Waals surface area (Å²) in [6, 6.07) is 7.07. The Morgan fingerprint density at radius 2 is 2.12 bits per heavy atom. The summed E-state index contributed by atoms with van der Waals surface area (Å²) in [5.74, 6) is 0.371. The first-order chi connectivity index (χ1) is 8.20. The molecule has 0 aliphatic carbocycles. The molecule has 1 aromatic carbocycles. The van der Waals surface area contributed by atoms with E-state index in [4.69, 9.17) is 9.15 Å². The molecule has 0 aliphatic heterocycles. The molecule has 2 aromatic rings. The molecule has 6 nitrogen and oxygen atoms in total. The molecule has 1 heterocycles. The maximum absolute atomic E-state index is 11.7. The zero-order chi connectivity index (χ0) is 12.3. The number of aryl methyl sites for hydroxylation is 1.